The van der Waals surface area contributed by atoms with E-state index in [-0.39, 0.29) is 22.3 Å². The number of phenolic OH excluding ortho intramolecular Hbond substituents is 3. The highest BCUT2D eigenvalue weighted by Crippen LogP contribution is 2.37. The molecule has 4 nitrogen and oxygen atoms in total. The maximum atomic E-state index is 10.2. The van der Waals surface area contributed by atoms with Crippen molar-refractivity contribution in [2.45, 2.75) is 6.04 Å². The number of nitrogens with zero attached hydrogens (tertiary/aromatic N) is 1. The third-order valence-corrected chi connectivity index (χ3v) is 4.39. The van der Waals surface area contributed by atoms with Crippen LogP contribution < -0.4 is 0 Å². The van der Waals surface area contributed by atoms with E-state index < -0.39 is 6.04 Å². The van der Waals surface area contributed by atoms with Gasteiger partial charge in [0.1, 0.15) is 23.3 Å². The van der Waals surface area contributed by atoms with E-state index in [1.54, 1.807) is 48.5 Å². The quantitative estimate of drug-likeness (QED) is 0.530. The molecular formula is C20H15Cl2NO3. The molecule has 6 heteroatoms. The first-order valence-corrected chi connectivity index (χ1v) is 8.50. The van der Waals surface area contributed by atoms with Gasteiger partial charge in [-0.1, -0.05) is 59.6 Å². The van der Waals surface area contributed by atoms with E-state index in [0.29, 0.717) is 21.7 Å². The van der Waals surface area contributed by atoms with Gasteiger partial charge in [-0.25, -0.2) is 0 Å². The average Bonchev–Trinajstić information content (AvgIpc) is 2.61. The third kappa shape index (κ3) is 3.77. The molecule has 0 bridgehead atoms. The lowest BCUT2D eigenvalue weighted by Gasteiger charge is -2.16. The summed E-state index contributed by atoms with van der Waals surface area (Å²) in [6, 6.07) is 15.7. The molecule has 0 aliphatic carbocycles. The van der Waals surface area contributed by atoms with Gasteiger partial charge in [0.2, 0.25) is 0 Å². The van der Waals surface area contributed by atoms with E-state index in [4.69, 9.17) is 23.2 Å². The second-order valence-corrected chi connectivity index (χ2v) is 6.47. The number of benzene rings is 3. The summed E-state index contributed by atoms with van der Waals surface area (Å²) in [6.07, 6.45) is 1.41. The second-order valence-electron chi connectivity index (χ2n) is 5.62. The second kappa shape index (κ2) is 7.68. The van der Waals surface area contributed by atoms with Gasteiger partial charge in [0.25, 0.3) is 0 Å². The van der Waals surface area contributed by atoms with Crippen LogP contribution in [0.3, 0.4) is 0 Å². The van der Waals surface area contributed by atoms with Crippen molar-refractivity contribution in [3.63, 3.8) is 0 Å². The molecule has 0 atom stereocenters. The van der Waals surface area contributed by atoms with Crippen LogP contribution in [0.5, 0.6) is 17.2 Å². The highest BCUT2D eigenvalue weighted by Gasteiger charge is 2.19. The Labute approximate surface area is 160 Å². The molecule has 0 aliphatic rings. The molecule has 0 saturated carbocycles. The number of aromatic hydroxyl groups is 3. The molecule has 0 aromatic heterocycles. The van der Waals surface area contributed by atoms with E-state index >= 15 is 0 Å². The Balaban J connectivity index is 2.11. The van der Waals surface area contributed by atoms with Gasteiger partial charge in [-0.15, -0.1) is 0 Å². The van der Waals surface area contributed by atoms with Crippen LogP contribution in [0.1, 0.15) is 22.7 Å². The molecule has 26 heavy (non-hydrogen) atoms. The first-order chi connectivity index (χ1) is 12.5. The fourth-order valence-corrected chi connectivity index (χ4v) is 3.11. The summed E-state index contributed by atoms with van der Waals surface area (Å²) in [7, 11) is 0. The summed E-state index contributed by atoms with van der Waals surface area (Å²) in [5.74, 6) is -0.0503. The van der Waals surface area contributed by atoms with Crippen molar-refractivity contribution >= 4 is 29.4 Å². The third-order valence-electron chi connectivity index (χ3n) is 3.88. The zero-order chi connectivity index (χ0) is 18.7. The standard InChI is InChI=1S/C20H15Cl2NO3/c21-13-9-12(20(26)16(22)10-13)11-23-19(14-5-1-3-7-17(14)24)15-6-2-4-8-18(15)25/h1-11,19,24-26H/b23-11+. The highest BCUT2D eigenvalue weighted by molar-refractivity contribution is 6.36. The topological polar surface area (TPSA) is 73.1 Å². The van der Waals surface area contributed by atoms with Crippen molar-refractivity contribution in [1.82, 2.24) is 0 Å². The summed E-state index contributed by atoms with van der Waals surface area (Å²) in [4.78, 5) is 4.48. The fourth-order valence-electron chi connectivity index (χ4n) is 2.60. The fraction of sp³-hybridized carbons (Fsp3) is 0.0500. The van der Waals surface area contributed by atoms with Gasteiger partial charge in [-0.3, -0.25) is 4.99 Å². The average molecular weight is 388 g/mol. The van der Waals surface area contributed by atoms with Crippen LogP contribution in [-0.2, 0) is 0 Å². The lowest BCUT2D eigenvalue weighted by atomic mass is 9.97. The number of halogens is 2. The first-order valence-electron chi connectivity index (χ1n) is 7.74. The van der Waals surface area contributed by atoms with Crippen LogP contribution in [0.15, 0.2) is 65.7 Å². The molecule has 0 spiro atoms. The minimum atomic E-state index is -0.686. The Kier molecular flexibility index (Phi) is 5.35. The Morgan fingerprint density at radius 2 is 1.35 bits per heavy atom. The first kappa shape index (κ1) is 18.1. The van der Waals surface area contributed by atoms with Crippen molar-refractivity contribution < 1.29 is 15.3 Å². The van der Waals surface area contributed by atoms with Gasteiger partial charge >= 0.3 is 0 Å². The minimum absolute atomic E-state index is 0.0475. The smallest absolute Gasteiger partial charge is 0.143 e. The molecule has 0 fully saturated rings. The van der Waals surface area contributed by atoms with E-state index in [9.17, 15) is 15.3 Å². The zero-order valence-corrected chi connectivity index (χ0v) is 15.0. The number of para-hydroxylation sites is 2. The Morgan fingerprint density at radius 1 is 0.808 bits per heavy atom. The molecule has 0 amide bonds. The monoisotopic (exact) mass is 387 g/mol. The zero-order valence-electron chi connectivity index (χ0n) is 13.5. The Morgan fingerprint density at radius 3 is 1.88 bits per heavy atom. The Hall–Kier alpha value is -2.69. The van der Waals surface area contributed by atoms with Crippen molar-refractivity contribution in [2.24, 2.45) is 4.99 Å². The SMILES string of the molecule is Oc1ccccc1C(/N=C/c1cc(Cl)cc(Cl)c1O)c1ccccc1O. The normalized spacial score (nSPS) is 11.3. The van der Waals surface area contributed by atoms with Crippen LogP contribution in [0.25, 0.3) is 0 Å². The summed E-state index contributed by atoms with van der Waals surface area (Å²) in [5.41, 5.74) is 1.36. The van der Waals surface area contributed by atoms with Crippen molar-refractivity contribution in [2.75, 3.05) is 0 Å². The van der Waals surface area contributed by atoms with E-state index in [0.717, 1.165) is 0 Å². The van der Waals surface area contributed by atoms with Crippen LogP contribution in [-0.4, -0.2) is 21.5 Å². The molecule has 0 heterocycles. The predicted octanol–water partition coefficient (Wildman–Crippen LogP) is 5.32. The Bertz CT molecular complexity index is 928. The molecular weight excluding hydrogens is 373 g/mol. The molecule has 0 radical (unpaired) electrons. The van der Waals surface area contributed by atoms with Crippen LogP contribution in [0.2, 0.25) is 10.0 Å². The van der Waals surface area contributed by atoms with E-state index in [1.807, 2.05) is 0 Å². The number of hydrogen-bond acceptors (Lipinski definition) is 4. The van der Waals surface area contributed by atoms with Crippen LogP contribution in [0, 0.1) is 0 Å². The molecule has 132 valence electrons. The van der Waals surface area contributed by atoms with Crippen LogP contribution >= 0.6 is 23.2 Å². The van der Waals surface area contributed by atoms with Gasteiger partial charge in [0.05, 0.1) is 5.02 Å². The largest absolute Gasteiger partial charge is 0.508 e. The molecule has 3 aromatic carbocycles. The number of phenols is 3. The molecule has 0 saturated heterocycles. The number of hydrogen-bond donors (Lipinski definition) is 3. The molecule has 3 N–H and O–H groups in total. The van der Waals surface area contributed by atoms with Gasteiger partial charge in [0, 0.05) is 27.9 Å². The summed E-state index contributed by atoms with van der Waals surface area (Å²) in [6.45, 7) is 0. The van der Waals surface area contributed by atoms with Gasteiger partial charge in [-0.2, -0.15) is 0 Å². The number of rotatable bonds is 4. The van der Waals surface area contributed by atoms with E-state index in [2.05, 4.69) is 4.99 Å². The van der Waals surface area contributed by atoms with Crippen molar-refractivity contribution in [3.05, 3.63) is 87.4 Å². The lowest BCUT2D eigenvalue weighted by molar-refractivity contribution is 0.455. The number of aliphatic imine (C=N–C) groups is 1. The maximum absolute atomic E-state index is 10.2. The van der Waals surface area contributed by atoms with Crippen molar-refractivity contribution in [1.29, 1.82) is 0 Å². The summed E-state index contributed by atoms with van der Waals surface area (Å²) >= 11 is 11.9. The summed E-state index contributed by atoms with van der Waals surface area (Å²) in [5, 5.41) is 31.0. The summed E-state index contributed by atoms with van der Waals surface area (Å²) < 4.78 is 0. The predicted molar refractivity (Wildman–Crippen MR) is 104 cm³/mol. The highest BCUT2D eigenvalue weighted by atomic mass is 35.5. The molecule has 3 rings (SSSR count). The molecule has 0 unspecified atom stereocenters. The minimum Gasteiger partial charge on any atom is -0.508 e. The maximum Gasteiger partial charge on any atom is 0.143 e. The molecule has 3 aromatic rings. The van der Waals surface area contributed by atoms with Crippen molar-refractivity contribution in [3.8, 4) is 17.2 Å². The van der Waals surface area contributed by atoms with Gasteiger partial charge in [-0.05, 0) is 24.3 Å². The van der Waals surface area contributed by atoms with Gasteiger partial charge < -0.3 is 15.3 Å². The van der Waals surface area contributed by atoms with Gasteiger partial charge in [0.15, 0.2) is 0 Å². The van der Waals surface area contributed by atoms with Crippen LogP contribution in [0.4, 0.5) is 0 Å². The molecule has 0 aliphatic heterocycles. The lowest BCUT2D eigenvalue weighted by Crippen LogP contribution is -2.00. The van der Waals surface area contributed by atoms with E-state index in [1.165, 1.54) is 18.3 Å².